The maximum atomic E-state index is 13.1. The number of hydrogen-bond acceptors (Lipinski definition) is 8. The van der Waals surface area contributed by atoms with E-state index in [2.05, 4.69) is 21.2 Å². The first-order valence-corrected chi connectivity index (χ1v) is 12.0. The van der Waals surface area contributed by atoms with Crippen molar-refractivity contribution in [1.29, 1.82) is 0 Å². The third-order valence-electron chi connectivity index (χ3n) is 5.65. The molecule has 1 heterocycles. The summed E-state index contributed by atoms with van der Waals surface area (Å²) < 4.78 is 12.2. The van der Waals surface area contributed by atoms with Gasteiger partial charge in [0, 0.05) is 23.7 Å². The average Bonchev–Trinajstić information content (AvgIpc) is 3.28. The summed E-state index contributed by atoms with van der Waals surface area (Å²) in [6, 6.07) is 7.48. The summed E-state index contributed by atoms with van der Waals surface area (Å²) in [4.78, 5) is 35.4. The molecule has 0 fully saturated rings. The number of hydrogen-bond donors (Lipinski definition) is 6. The predicted octanol–water partition coefficient (Wildman–Crippen LogP) is 1.33. The van der Waals surface area contributed by atoms with E-state index in [9.17, 15) is 19.5 Å². The maximum Gasteiger partial charge on any atom is 0.332 e. The standard InChI is InChI=1S/C24H28BrN3O8/c25-15-7-13-5-6-35-21(13)17(10-15)23(32)28-16(3-4-20(30)31)11-36-19-9-14(22(26)27)2-1-12(19)8-18(29)24(33)34/h1-2,7,9-10,16,18,22,29H,3-6,8,11,26-27H2,(H,28,32)(H,30,31)(H,33,34)/t16-,18?/m1/s1. The van der Waals surface area contributed by atoms with Gasteiger partial charge in [-0.2, -0.15) is 0 Å². The Kier molecular flexibility index (Phi) is 9.26. The fourth-order valence-electron chi connectivity index (χ4n) is 3.76. The molecule has 2 atom stereocenters. The van der Waals surface area contributed by atoms with Crippen molar-refractivity contribution in [3.63, 3.8) is 0 Å². The average molecular weight is 566 g/mol. The van der Waals surface area contributed by atoms with E-state index in [-0.39, 0.29) is 31.6 Å². The molecule has 36 heavy (non-hydrogen) atoms. The van der Waals surface area contributed by atoms with E-state index in [4.69, 9.17) is 31.2 Å². The number of aliphatic carboxylic acids is 2. The molecule has 0 saturated heterocycles. The number of nitrogens with two attached hydrogens (primary N) is 2. The van der Waals surface area contributed by atoms with E-state index in [0.29, 0.717) is 39.9 Å². The number of rotatable bonds is 12. The molecule has 11 nitrogen and oxygen atoms in total. The molecule has 1 unspecified atom stereocenters. The molecule has 0 aromatic heterocycles. The number of benzene rings is 2. The molecule has 1 aliphatic rings. The SMILES string of the molecule is NC(N)c1ccc(CC(O)C(=O)O)c(OC[C@@H](CCC(=O)O)NC(=O)c2cc(Br)cc3c2OCC3)c1. The van der Waals surface area contributed by atoms with Crippen LogP contribution in [0.4, 0.5) is 0 Å². The van der Waals surface area contributed by atoms with E-state index in [1.54, 1.807) is 18.2 Å². The number of amides is 1. The second-order valence-corrected chi connectivity index (χ2v) is 9.32. The van der Waals surface area contributed by atoms with Crippen LogP contribution in [0, 0.1) is 0 Å². The van der Waals surface area contributed by atoms with E-state index in [1.165, 1.54) is 6.07 Å². The lowest BCUT2D eigenvalue weighted by atomic mass is 10.0. The highest BCUT2D eigenvalue weighted by Gasteiger charge is 2.25. The number of fused-ring (bicyclic) bond motifs is 1. The minimum absolute atomic E-state index is 0.0707. The van der Waals surface area contributed by atoms with Crippen molar-refractivity contribution in [3.8, 4) is 11.5 Å². The fraction of sp³-hybridized carbons (Fsp3) is 0.375. The van der Waals surface area contributed by atoms with Crippen LogP contribution in [0.5, 0.6) is 11.5 Å². The molecule has 0 saturated carbocycles. The van der Waals surface area contributed by atoms with Gasteiger partial charge in [0.2, 0.25) is 0 Å². The van der Waals surface area contributed by atoms with E-state index >= 15 is 0 Å². The van der Waals surface area contributed by atoms with Crippen LogP contribution in [0.15, 0.2) is 34.8 Å². The van der Waals surface area contributed by atoms with Crippen LogP contribution < -0.4 is 26.3 Å². The Morgan fingerprint density at radius 2 is 1.92 bits per heavy atom. The number of carboxylic acids is 2. The molecule has 0 spiro atoms. The van der Waals surface area contributed by atoms with Crippen LogP contribution in [0.1, 0.15) is 46.1 Å². The van der Waals surface area contributed by atoms with Crippen molar-refractivity contribution < 1.29 is 39.2 Å². The molecule has 8 N–H and O–H groups in total. The van der Waals surface area contributed by atoms with Crippen LogP contribution in [-0.4, -0.2) is 58.5 Å². The summed E-state index contributed by atoms with van der Waals surface area (Å²) in [5, 5.41) is 30.8. The number of carboxylic acid groups (broad SMARTS) is 2. The third-order valence-corrected chi connectivity index (χ3v) is 6.11. The first kappa shape index (κ1) is 27.4. The van der Waals surface area contributed by atoms with Gasteiger partial charge in [-0.25, -0.2) is 4.79 Å². The molecule has 3 rings (SSSR count). The summed E-state index contributed by atoms with van der Waals surface area (Å²) in [6.45, 7) is 0.331. The Morgan fingerprint density at radius 3 is 2.58 bits per heavy atom. The minimum Gasteiger partial charge on any atom is -0.492 e. The van der Waals surface area contributed by atoms with Gasteiger partial charge in [-0.15, -0.1) is 0 Å². The summed E-state index contributed by atoms with van der Waals surface area (Å²) in [7, 11) is 0. The van der Waals surface area contributed by atoms with Gasteiger partial charge in [0.25, 0.3) is 5.91 Å². The summed E-state index contributed by atoms with van der Waals surface area (Å²) >= 11 is 3.40. The van der Waals surface area contributed by atoms with Crippen LogP contribution in [-0.2, 0) is 22.4 Å². The van der Waals surface area contributed by atoms with Crippen LogP contribution >= 0.6 is 15.9 Å². The zero-order valence-electron chi connectivity index (χ0n) is 19.3. The van der Waals surface area contributed by atoms with Gasteiger partial charge >= 0.3 is 11.9 Å². The van der Waals surface area contributed by atoms with E-state index in [0.717, 1.165) is 5.56 Å². The topological polar surface area (TPSA) is 194 Å². The fourth-order valence-corrected chi connectivity index (χ4v) is 4.27. The Labute approximate surface area is 215 Å². The molecule has 0 radical (unpaired) electrons. The van der Waals surface area contributed by atoms with E-state index < -0.39 is 36.2 Å². The predicted molar refractivity (Wildman–Crippen MR) is 132 cm³/mol. The van der Waals surface area contributed by atoms with Crippen molar-refractivity contribution in [1.82, 2.24) is 5.32 Å². The van der Waals surface area contributed by atoms with Crippen molar-refractivity contribution in [2.45, 2.75) is 44.0 Å². The van der Waals surface area contributed by atoms with Crippen molar-refractivity contribution in [2.75, 3.05) is 13.2 Å². The number of carbonyl (C=O) groups excluding carboxylic acids is 1. The van der Waals surface area contributed by atoms with Gasteiger partial charge < -0.3 is 41.6 Å². The number of aliphatic hydroxyl groups is 1. The highest BCUT2D eigenvalue weighted by atomic mass is 79.9. The first-order valence-electron chi connectivity index (χ1n) is 11.2. The highest BCUT2D eigenvalue weighted by molar-refractivity contribution is 9.10. The third kappa shape index (κ3) is 7.17. The van der Waals surface area contributed by atoms with Gasteiger partial charge in [-0.05, 0) is 41.3 Å². The largest absolute Gasteiger partial charge is 0.492 e. The molecule has 1 amide bonds. The van der Waals surface area contributed by atoms with Gasteiger partial charge in [-0.3, -0.25) is 9.59 Å². The normalized spacial score (nSPS) is 14.0. The monoisotopic (exact) mass is 565 g/mol. The molecule has 1 aliphatic heterocycles. The van der Waals surface area contributed by atoms with Crippen molar-refractivity contribution >= 4 is 33.8 Å². The Bertz CT molecular complexity index is 1140. The Morgan fingerprint density at radius 1 is 1.17 bits per heavy atom. The lowest BCUT2D eigenvalue weighted by Crippen LogP contribution is -2.39. The van der Waals surface area contributed by atoms with Gasteiger partial charge in [0.1, 0.15) is 18.1 Å². The highest BCUT2D eigenvalue weighted by Crippen LogP contribution is 2.33. The second kappa shape index (κ2) is 12.2. The van der Waals surface area contributed by atoms with Crippen molar-refractivity contribution in [2.24, 2.45) is 11.5 Å². The first-order chi connectivity index (χ1) is 17.0. The van der Waals surface area contributed by atoms with Crippen LogP contribution in [0.2, 0.25) is 0 Å². The van der Waals surface area contributed by atoms with E-state index in [1.807, 2.05) is 6.07 Å². The number of carbonyl (C=O) groups is 3. The number of nitrogens with one attached hydrogen (secondary N) is 1. The maximum absolute atomic E-state index is 13.1. The molecule has 0 bridgehead atoms. The Balaban J connectivity index is 1.81. The molecule has 12 heteroatoms. The van der Waals surface area contributed by atoms with Gasteiger partial charge in [0.05, 0.1) is 24.4 Å². The zero-order valence-corrected chi connectivity index (χ0v) is 20.9. The molecule has 194 valence electrons. The minimum atomic E-state index is -1.66. The smallest absolute Gasteiger partial charge is 0.332 e. The molecule has 0 aliphatic carbocycles. The molecule has 2 aromatic rings. The number of aliphatic hydroxyl groups excluding tert-OH is 1. The number of ether oxygens (including phenoxy) is 2. The second-order valence-electron chi connectivity index (χ2n) is 8.40. The lowest BCUT2D eigenvalue weighted by Gasteiger charge is -2.22. The van der Waals surface area contributed by atoms with Crippen LogP contribution in [0.3, 0.4) is 0 Å². The quantitative estimate of drug-likeness (QED) is 0.204. The Hall–Kier alpha value is -3.19. The van der Waals surface area contributed by atoms with Crippen LogP contribution in [0.25, 0.3) is 0 Å². The molecular formula is C24H28BrN3O8. The summed E-state index contributed by atoms with van der Waals surface area (Å²) in [5.41, 5.74) is 13.6. The number of halogens is 1. The lowest BCUT2D eigenvalue weighted by molar-refractivity contribution is -0.146. The van der Waals surface area contributed by atoms with Gasteiger partial charge in [-0.1, -0.05) is 28.1 Å². The molecule has 2 aromatic carbocycles. The zero-order chi connectivity index (χ0) is 26.4. The van der Waals surface area contributed by atoms with Crippen molar-refractivity contribution in [3.05, 3.63) is 57.1 Å². The molecular weight excluding hydrogens is 538 g/mol. The summed E-state index contributed by atoms with van der Waals surface area (Å²) in [6.07, 6.45) is -2.21. The van der Waals surface area contributed by atoms with Gasteiger partial charge in [0.15, 0.2) is 6.10 Å². The summed E-state index contributed by atoms with van der Waals surface area (Å²) in [5.74, 6) is -2.18.